The second kappa shape index (κ2) is 4.34. The highest BCUT2D eigenvalue weighted by molar-refractivity contribution is 6.62. The molecule has 0 radical (unpaired) electrons. The second-order valence-corrected chi connectivity index (χ2v) is 7.00. The molecule has 0 amide bonds. The monoisotopic (exact) mass is 286 g/mol. The van der Waals surface area contributed by atoms with Gasteiger partial charge in [0, 0.05) is 29.8 Å². The quantitative estimate of drug-likeness (QED) is 0.756. The molecule has 0 aliphatic carbocycles. The van der Waals surface area contributed by atoms with Gasteiger partial charge < -0.3 is 13.9 Å². The Kier molecular flexibility index (Phi) is 3.02. The van der Waals surface area contributed by atoms with Crippen LogP contribution in [0.2, 0.25) is 0 Å². The van der Waals surface area contributed by atoms with Crippen molar-refractivity contribution in [2.75, 3.05) is 0 Å². The Bertz CT molecular complexity index is 703. The Morgan fingerprint density at radius 2 is 1.67 bits per heavy atom. The van der Waals surface area contributed by atoms with Gasteiger partial charge in [0.15, 0.2) is 0 Å². The van der Waals surface area contributed by atoms with E-state index in [4.69, 9.17) is 9.31 Å². The molecule has 0 aromatic carbocycles. The fourth-order valence-electron chi connectivity index (χ4n) is 2.73. The van der Waals surface area contributed by atoms with E-state index in [9.17, 15) is 0 Å². The van der Waals surface area contributed by atoms with E-state index in [2.05, 4.69) is 57.2 Å². The number of pyridine rings is 1. The minimum atomic E-state index is -0.355. The number of nitrogens with zero attached hydrogens (tertiary/aromatic N) is 2. The van der Waals surface area contributed by atoms with E-state index in [0.717, 1.165) is 11.1 Å². The standard InChI is InChI=1S/C16H23BN2O2/c1-10-11(2)19(7)14-13(10)8-12(9-18-14)17-20-15(3,4)16(5,6)21-17/h8-9H,1-7H3. The molecular formula is C16H23BN2O2. The van der Waals surface area contributed by atoms with E-state index in [-0.39, 0.29) is 18.3 Å². The Morgan fingerprint density at radius 3 is 2.24 bits per heavy atom. The molecule has 0 saturated carbocycles. The summed E-state index contributed by atoms with van der Waals surface area (Å²) in [7, 11) is 1.69. The van der Waals surface area contributed by atoms with Crippen molar-refractivity contribution >= 4 is 23.6 Å². The summed E-state index contributed by atoms with van der Waals surface area (Å²) >= 11 is 0. The molecule has 5 heteroatoms. The largest absolute Gasteiger partial charge is 0.496 e. The average molecular weight is 286 g/mol. The van der Waals surface area contributed by atoms with Gasteiger partial charge in [-0.15, -0.1) is 0 Å². The molecule has 1 fully saturated rings. The Labute approximate surface area is 126 Å². The lowest BCUT2D eigenvalue weighted by atomic mass is 9.80. The van der Waals surface area contributed by atoms with Crippen molar-refractivity contribution in [1.29, 1.82) is 0 Å². The van der Waals surface area contributed by atoms with Gasteiger partial charge >= 0.3 is 7.12 Å². The lowest BCUT2D eigenvalue weighted by Crippen LogP contribution is -2.41. The maximum absolute atomic E-state index is 6.11. The van der Waals surface area contributed by atoms with Crippen LogP contribution in [0.4, 0.5) is 0 Å². The number of aromatic nitrogens is 2. The molecule has 1 saturated heterocycles. The van der Waals surface area contributed by atoms with Crippen LogP contribution in [0.1, 0.15) is 39.0 Å². The Hall–Kier alpha value is -1.33. The number of hydrogen-bond acceptors (Lipinski definition) is 3. The minimum absolute atomic E-state index is 0.325. The molecule has 1 aliphatic heterocycles. The lowest BCUT2D eigenvalue weighted by Gasteiger charge is -2.32. The zero-order valence-corrected chi connectivity index (χ0v) is 13.9. The van der Waals surface area contributed by atoms with Crippen molar-refractivity contribution in [3.63, 3.8) is 0 Å². The molecule has 1 aliphatic rings. The topological polar surface area (TPSA) is 36.3 Å². The maximum atomic E-state index is 6.11. The number of hydrogen-bond donors (Lipinski definition) is 0. The first-order valence-electron chi connectivity index (χ1n) is 7.41. The fourth-order valence-corrected chi connectivity index (χ4v) is 2.73. The molecule has 2 aromatic rings. The van der Waals surface area contributed by atoms with E-state index in [1.165, 1.54) is 16.6 Å². The van der Waals surface area contributed by atoms with Crippen LogP contribution in [-0.2, 0) is 16.4 Å². The molecule has 4 nitrogen and oxygen atoms in total. The van der Waals surface area contributed by atoms with Crippen LogP contribution >= 0.6 is 0 Å². The number of fused-ring (bicyclic) bond motifs is 1. The van der Waals surface area contributed by atoms with Crippen molar-refractivity contribution < 1.29 is 9.31 Å². The maximum Gasteiger partial charge on any atom is 0.496 e. The average Bonchev–Trinajstić information content (AvgIpc) is 2.75. The fraction of sp³-hybridized carbons (Fsp3) is 0.562. The van der Waals surface area contributed by atoms with Crippen LogP contribution in [0.3, 0.4) is 0 Å². The summed E-state index contributed by atoms with van der Waals surface area (Å²) in [6.07, 6.45) is 1.86. The molecule has 0 bridgehead atoms. The number of aryl methyl sites for hydroxylation is 2. The van der Waals surface area contributed by atoms with E-state index >= 15 is 0 Å². The molecule has 0 atom stereocenters. The van der Waals surface area contributed by atoms with Crippen LogP contribution in [0.5, 0.6) is 0 Å². The predicted octanol–water partition coefficient (Wildman–Crippen LogP) is 2.49. The van der Waals surface area contributed by atoms with Crippen molar-refractivity contribution in [1.82, 2.24) is 9.55 Å². The first-order valence-corrected chi connectivity index (χ1v) is 7.41. The van der Waals surface area contributed by atoms with Crippen LogP contribution in [-0.4, -0.2) is 27.9 Å². The van der Waals surface area contributed by atoms with Gasteiger partial charge in [-0.3, -0.25) is 0 Å². The summed E-state index contributed by atoms with van der Waals surface area (Å²) in [5, 5.41) is 1.17. The van der Waals surface area contributed by atoms with E-state index < -0.39 is 0 Å². The van der Waals surface area contributed by atoms with Crippen LogP contribution < -0.4 is 5.46 Å². The van der Waals surface area contributed by atoms with Crippen LogP contribution in [0.25, 0.3) is 11.0 Å². The molecule has 3 heterocycles. The minimum Gasteiger partial charge on any atom is -0.399 e. The van der Waals surface area contributed by atoms with Crippen molar-refractivity contribution in [3.8, 4) is 0 Å². The molecule has 2 aromatic heterocycles. The summed E-state index contributed by atoms with van der Waals surface area (Å²) in [6, 6.07) is 2.15. The third kappa shape index (κ3) is 2.02. The van der Waals surface area contributed by atoms with E-state index in [0.29, 0.717) is 0 Å². The van der Waals surface area contributed by atoms with Gasteiger partial charge in [-0.2, -0.15) is 0 Å². The van der Waals surface area contributed by atoms with Crippen LogP contribution in [0.15, 0.2) is 12.3 Å². The molecular weight excluding hydrogens is 263 g/mol. The molecule has 0 N–H and O–H groups in total. The van der Waals surface area contributed by atoms with E-state index in [1.54, 1.807) is 0 Å². The molecule has 0 spiro atoms. The van der Waals surface area contributed by atoms with Crippen molar-refractivity contribution in [2.24, 2.45) is 7.05 Å². The summed E-state index contributed by atoms with van der Waals surface area (Å²) in [5.74, 6) is 0. The van der Waals surface area contributed by atoms with Gasteiger partial charge in [0.2, 0.25) is 0 Å². The van der Waals surface area contributed by atoms with Gasteiger partial charge in [0.1, 0.15) is 5.65 Å². The Morgan fingerprint density at radius 1 is 1.10 bits per heavy atom. The number of rotatable bonds is 1. The van der Waals surface area contributed by atoms with Gasteiger partial charge in [-0.1, -0.05) is 0 Å². The highest BCUT2D eigenvalue weighted by Gasteiger charge is 2.51. The summed E-state index contributed by atoms with van der Waals surface area (Å²) in [6.45, 7) is 12.5. The summed E-state index contributed by atoms with van der Waals surface area (Å²) < 4.78 is 14.3. The summed E-state index contributed by atoms with van der Waals surface area (Å²) in [5.41, 5.74) is 3.84. The highest BCUT2D eigenvalue weighted by Crippen LogP contribution is 2.36. The lowest BCUT2D eigenvalue weighted by molar-refractivity contribution is 0.00578. The predicted molar refractivity (Wildman–Crippen MR) is 85.9 cm³/mol. The van der Waals surface area contributed by atoms with Gasteiger partial charge in [0.25, 0.3) is 0 Å². The molecule has 112 valence electrons. The third-order valence-electron chi connectivity index (χ3n) is 5.18. The molecule has 0 unspecified atom stereocenters. The second-order valence-electron chi connectivity index (χ2n) is 7.00. The smallest absolute Gasteiger partial charge is 0.399 e. The zero-order chi connectivity index (χ0) is 15.6. The van der Waals surface area contributed by atoms with Crippen molar-refractivity contribution in [3.05, 3.63) is 23.5 Å². The highest BCUT2D eigenvalue weighted by atomic mass is 16.7. The first-order chi connectivity index (χ1) is 9.64. The molecule has 3 rings (SSSR count). The van der Waals surface area contributed by atoms with Gasteiger partial charge in [-0.25, -0.2) is 4.98 Å². The third-order valence-corrected chi connectivity index (χ3v) is 5.18. The zero-order valence-electron chi connectivity index (χ0n) is 13.9. The van der Waals surface area contributed by atoms with Gasteiger partial charge in [0.05, 0.1) is 11.2 Å². The Balaban J connectivity index is 2.06. The van der Waals surface area contributed by atoms with Gasteiger partial charge in [-0.05, 0) is 53.2 Å². The van der Waals surface area contributed by atoms with E-state index in [1.807, 2.05) is 13.2 Å². The first kappa shape index (κ1) is 14.6. The van der Waals surface area contributed by atoms with Crippen molar-refractivity contribution in [2.45, 2.75) is 52.7 Å². The van der Waals surface area contributed by atoms with Crippen LogP contribution in [0, 0.1) is 13.8 Å². The molecule has 21 heavy (non-hydrogen) atoms. The summed E-state index contributed by atoms with van der Waals surface area (Å²) in [4.78, 5) is 4.61. The normalized spacial score (nSPS) is 20.4. The SMILES string of the molecule is Cc1c(C)n(C)c2ncc(B3OC(C)(C)C(C)(C)O3)cc12.